The van der Waals surface area contributed by atoms with Crippen LogP contribution >= 0.6 is 0 Å². The van der Waals surface area contributed by atoms with Gasteiger partial charge in [0.2, 0.25) is 12.7 Å². The number of hydrogen-bond donors (Lipinski definition) is 1. The quantitative estimate of drug-likeness (QED) is 0.856. The first kappa shape index (κ1) is 18.0. The Bertz CT molecular complexity index is 925. The van der Waals surface area contributed by atoms with Crippen LogP contribution in [-0.4, -0.2) is 58.3 Å². The fourth-order valence-corrected chi connectivity index (χ4v) is 3.87. The molecular formula is C18H23N5O3S. The molecule has 144 valence electrons. The zero-order valence-electron chi connectivity index (χ0n) is 15.4. The second-order valence-electron chi connectivity index (χ2n) is 6.87. The van der Waals surface area contributed by atoms with Crippen LogP contribution in [0, 0.1) is 4.78 Å². The van der Waals surface area contributed by atoms with E-state index in [4.69, 9.17) is 14.3 Å². The molecule has 0 spiro atoms. The van der Waals surface area contributed by atoms with E-state index in [2.05, 4.69) is 38.8 Å². The molecule has 1 N–H and O–H groups in total. The first-order valence-corrected chi connectivity index (χ1v) is 10.8. The van der Waals surface area contributed by atoms with Crippen LogP contribution in [0.15, 0.2) is 35.5 Å². The van der Waals surface area contributed by atoms with Crippen molar-refractivity contribution in [1.82, 2.24) is 14.9 Å². The molecule has 0 saturated carbocycles. The summed E-state index contributed by atoms with van der Waals surface area (Å²) < 4.78 is 30.2. The average molecular weight is 389 g/mol. The van der Waals surface area contributed by atoms with Crippen LogP contribution in [0.4, 0.5) is 5.95 Å². The molecule has 27 heavy (non-hydrogen) atoms. The third kappa shape index (κ3) is 3.70. The van der Waals surface area contributed by atoms with Crippen LogP contribution in [0.5, 0.6) is 11.5 Å². The van der Waals surface area contributed by atoms with Gasteiger partial charge in [-0.15, -0.1) is 0 Å². The van der Waals surface area contributed by atoms with Gasteiger partial charge in [-0.05, 0) is 24.6 Å². The van der Waals surface area contributed by atoms with Gasteiger partial charge in [0.1, 0.15) is 0 Å². The molecule has 0 amide bonds. The maximum Gasteiger partial charge on any atom is 0.231 e. The molecule has 1 fully saturated rings. The summed E-state index contributed by atoms with van der Waals surface area (Å²) in [5, 5.41) is 0. The second-order valence-corrected chi connectivity index (χ2v) is 9.03. The Balaban J connectivity index is 1.40. The minimum Gasteiger partial charge on any atom is -0.454 e. The fourth-order valence-electron chi connectivity index (χ4n) is 3.37. The Morgan fingerprint density at radius 1 is 1.11 bits per heavy atom. The van der Waals surface area contributed by atoms with Gasteiger partial charge in [0.25, 0.3) is 0 Å². The lowest BCUT2D eigenvalue weighted by Gasteiger charge is -2.38. The van der Waals surface area contributed by atoms with Gasteiger partial charge in [0.15, 0.2) is 11.5 Å². The first-order chi connectivity index (χ1) is 12.9. The number of nitrogens with zero attached hydrogens (tertiary/aromatic N) is 4. The third-order valence-electron chi connectivity index (χ3n) is 5.09. The predicted molar refractivity (Wildman–Crippen MR) is 102 cm³/mol. The number of benzene rings is 1. The molecule has 8 nitrogen and oxygen atoms in total. The highest BCUT2D eigenvalue weighted by Crippen LogP contribution is 2.35. The van der Waals surface area contributed by atoms with Gasteiger partial charge in [-0.1, -0.05) is 6.07 Å². The monoisotopic (exact) mass is 389 g/mol. The van der Waals surface area contributed by atoms with Crippen LogP contribution in [0.1, 0.15) is 18.5 Å². The lowest BCUT2D eigenvalue weighted by Crippen LogP contribution is -2.47. The number of hydrogen-bond acceptors (Lipinski definition) is 8. The highest BCUT2D eigenvalue weighted by Gasteiger charge is 2.25. The minimum absolute atomic E-state index is 0.276. The van der Waals surface area contributed by atoms with Crippen molar-refractivity contribution < 1.29 is 13.7 Å². The zero-order valence-corrected chi connectivity index (χ0v) is 16.2. The van der Waals surface area contributed by atoms with E-state index in [1.165, 1.54) is 24.2 Å². The van der Waals surface area contributed by atoms with E-state index in [0.29, 0.717) is 10.8 Å². The van der Waals surface area contributed by atoms with E-state index in [1.54, 1.807) is 0 Å². The van der Waals surface area contributed by atoms with Gasteiger partial charge < -0.3 is 14.4 Å². The Kier molecular flexibility index (Phi) is 4.65. The van der Waals surface area contributed by atoms with Crippen molar-refractivity contribution in [2.75, 3.05) is 44.1 Å². The van der Waals surface area contributed by atoms with Crippen LogP contribution < -0.4 is 14.4 Å². The molecule has 2 atom stereocenters. The topological polar surface area (TPSA) is 91.6 Å². The van der Waals surface area contributed by atoms with Crippen LogP contribution in [0.3, 0.4) is 0 Å². The predicted octanol–water partition coefficient (Wildman–Crippen LogP) is 2.12. The molecule has 2 aromatic rings. The van der Waals surface area contributed by atoms with Gasteiger partial charge in [-0.2, -0.15) is 0 Å². The number of nitrogens with one attached hydrogen (secondary N) is 1. The summed E-state index contributed by atoms with van der Waals surface area (Å²) >= 11 is 0. The van der Waals surface area contributed by atoms with Crippen LogP contribution in [0.2, 0.25) is 0 Å². The van der Waals surface area contributed by atoms with E-state index in [9.17, 15) is 4.21 Å². The SMILES string of the molecule is CC(c1ccc2c(c1)OCO2)N1CCN(c2ncc(S(C)(=N)=O)cn2)CC1. The number of ether oxygens (including phenoxy) is 2. The summed E-state index contributed by atoms with van der Waals surface area (Å²) in [6.07, 6.45) is 4.38. The molecule has 0 bridgehead atoms. The Morgan fingerprint density at radius 3 is 2.44 bits per heavy atom. The van der Waals surface area contributed by atoms with Crippen molar-refractivity contribution in [3.63, 3.8) is 0 Å². The molecule has 2 aliphatic heterocycles. The Hall–Kier alpha value is -2.39. The van der Waals surface area contributed by atoms with E-state index < -0.39 is 9.73 Å². The Labute approximate surface area is 159 Å². The van der Waals surface area contributed by atoms with Crippen LogP contribution in [-0.2, 0) is 9.73 Å². The summed E-state index contributed by atoms with van der Waals surface area (Å²) in [5.41, 5.74) is 1.21. The summed E-state index contributed by atoms with van der Waals surface area (Å²) in [7, 11) is -2.78. The van der Waals surface area contributed by atoms with Gasteiger partial charge >= 0.3 is 0 Å². The number of anilines is 1. The smallest absolute Gasteiger partial charge is 0.231 e. The minimum atomic E-state index is -2.78. The van der Waals surface area contributed by atoms with Gasteiger partial charge in [-0.3, -0.25) is 4.90 Å². The normalized spacial score (nSPS) is 20.3. The molecule has 1 aromatic heterocycles. The van der Waals surface area contributed by atoms with Crippen molar-refractivity contribution in [2.45, 2.75) is 17.9 Å². The first-order valence-electron chi connectivity index (χ1n) is 8.86. The molecule has 0 aliphatic carbocycles. The summed E-state index contributed by atoms with van der Waals surface area (Å²) in [6.45, 7) is 5.91. The van der Waals surface area contributed by atoms with Crippen molar-refractivity contribution >= 4 is 15.7 Å². The second kappa shape index (κ2) is 6.97. The van der Waals surface area contributed by atoms with Gasteiger partial charge in [0.05, 0.1) is 14.6 Å². The lowest BCUT2D eigenvalue weighted by molar-refractivity contribution is 0.173. The molecule has 2 unspecified atom stereocenters. The maximum absolute atomic E-state index is 11.7. The van der Waals surface area contributed by atoms with Crippen molar-refractivity contribution in [3.8, 4) is 11.5 Å². The molecule has 0 radical (unpaired) electrons. The summed E-state index contributed by atoms with van der Waals surface area (Å²) in [4.78, 5) is 13.5. The largest absolute Gasteiger partial charge is 0.454 e. The average Bonchev–Trinajstić information content (AvgIpc) is 3.15. The molecule has 1 aromatic carbocycles. The zero-order chi connectivity index (χ0) is 19.0. The van der Waals surface area contributed by atoms with Crippen molar-refractivity contribution in [3.05, 3.63) is 36.2 Å². The number of fused-ring (bicyclic) bond motifs is 1. The van der Waals surface area contributed by atoms with Crippen molar-refractivity contribution in [1.29, 1.82) is 4.78 Å². The number of aromatic nitrogens is 2. The van der Waals surface area contributed by atoms with E-state index in [-0.39, 0.29) is 12.8 Å². The number of piperazine rings is 1. The highest BCUT2D eigenvalue weighted by atomic mass is 32.2. The van der Waals surface area contributed by atoms with Gasteiger partial charge in [-0.25, -0.2) is 19.0 Å². The van der Waals surface area contributed by atoms with E-state index in [1.807, 2.05) is 6.07 Å². The molecule has 1 saturated heterocycles. The molecule has 9 heteroatoms. The molecule has 4 rings (SSSR count). The van der Waals surface area contributed by atoms with E-state index >= 15 is 0 Å². The van der Waals surface area contributed by atoms with Gasteiger partial charge in [0, 0.05) is 50.9 Å². The fraction of sp³-hybridized carbons (Fsp3) is 0.444. The van der Waals surface area contributed by atoms with E-state index in [0.717, 1.165) is 37.7 Å². The summed E-state index contributed by atoms with van der Waals surface area (Å²) in [5.74, 6) is 2.24. The molecule has 3 heterocycles. The standard InChI is InChI=1S/C18H23N5O3S/c1-13(14-3-4-16-17(9-14)26-12-25-16)22-5-7-23(8-6-22)18-20-10-15(11-21-18)27(2,19)24/h3-4,9-11,13,19H,5-8,12H2,1-2H3. The Morgan fingerprint density at radius 2 is 1.78 bits per heavy atom. The third-order valence-corrected chi connectivity index (χ3v) is 6.20. The molecular weight excluding hydrogens is 366 g/mol. The summed E-state index contributed by atoms with van der Waals surface area (Å²) in [6, 6.07) is 6.40. The molecule has 2 aliphatic rings. The lowest BCUT2D eigenvalue weighted by atomic mass is 10.1. The number of rotatable bonds is 4. The van der Waals surface area contributed by atoms with Crippen molar-refractivity contribution in [2.24, 2.45) is 0 Å². The maximum atomic E-state index is 11.7. The highest BCUT2D eigenvalue weighted by molar-refractivity contribution is 7.91. The van der Waals surface area contributed by atoms with Crippen LogP contribution in [0.25, 0.3) is 0 Å².